The zero-order valence-corrected chi connectivity index (χ0v) is 16.3. The molecule has 1 aliphatic rings. The Balaban J connectivity index is 1.48. The van der Waals surface area contributed by atoms with Gasteiger partial charge in [-0.3, -0.25) is 0 Å². The van der Waals surface area contributed by atoms with Crippen LogP contribution >= 0.6 is 0 Å². The lowest BCUT2D eigenvalue weighted by Gasteiger charge is -2.28. The highest BCUT2D eigenvalue weighted by Crippen LogP contribution is 2.36. The molecule has 3 aromatic rings. The third-order valence-corrected chi connectivity index (χ3v) is 4.64. The number of nitrogens with two attached hydrogens (primary N) is 1. The van der Waals surface area contributed by atoms with Crippen molar-refractivity contribution in [3.8, 4) is 5.75 Å². The number of halogens is 1. The molecule has 1 atom stereocenters. The fourth-order valence-electron chi connectivity index (χ4n) is 3.22. The van der Waals surface area contributed by atoms with E-state index >= 15 is 0 Å². The fraction of sp³-hybridized carbons (Fsp3) is 0.130. The van der Waals surface area contributed by atoms with Crippen LogP contribution in [0.3, 0.4) is 0 Å². The summed E-state index contributed by atoms with van der Waals surface area (Å²) in [7, 11) is 0. The van der Waals surface area contributed by atoms with E-state index in [1.807, 2.05) is 30.3 Å². The Labute approximate surface area is 177 Å². The van der Waals surface area contributed by atoms with Gasteiger partial charge in [-0.05, 0) is 36.4 Å². The standard InChI is InChI=1S/C23H19FN2O5/c24-18-10-16(12-29-21(27)14-6-8-19(9-7-14)26-23(25)28)20-17(11-18)13-30-22(31-20)15-4-2-1-3-5-15/h1-11,22H,12-13H2,(H3,25,26,28)/t22-/m1/s1. The number of anilines is 1. The van der Waals surface area contributed by atoms with Crippen LogP contribution in [0.5, 0.6) is 5.75 Å². The lowest BCUT2D eigenvalue weighted by atomic mass is 10.1. The van der Waals surface area contributed by atoms with Crippen LogP contribution in [0.4, 0.5) is 14.9 Å². The van der Waals surface area contributed by atoms with E-state index in [1.54, 1.807) is 0 Å². The van der Waals surface area contributed by atoms with Crippen LogP contribution in [-0.4, -0.2) is 12.0 Å². The summed E-state index contributed by atoms with van der Waals surface area (Å²) in [6.07, 6.45) is -0.640. The van der Waals surface area contributed by atoms with Gasteiger partial charge in [-0.1, -0.05) is 30.3 Å². The molecule has 3 aromatic carbocycles. The number of primary amides is 1. The molecule has 1 heterocycles. The minimum absolute atomic E-state index is 0.169. The molecule has 158 valence electrons. The smallest absolute Gasteiger partial charge is 0.338 e. The Morgan fingerprint density at radius 2 is 1.84 bits per heavy atom. The van der Waals surface area contributed by atoms with Gasteiger partial charge in [0.05, 0.1) is 12.2 Å². The number of fused-ring (bicyclic) bond motifs is 1. The van der Waals surface area contributed by atoms with E-state index in [0.29, 0.717) is 22.6 Å². The zero-order chi connectivity index (χ0) is 21.8. The van der Waals surface area contributed by atoms with Gasteiger partial charge in [0, 0.05) is 22.4 Å². The van der Waals surface area contributed by atoms with Crippen molar-refractivity contribution in [3.63, 3.8) is 0 Å². The van der Waals surface area contributed by atoms with Gasteiger partial charge in [-0.2, -0.15) is 0 Å². The van der Waals surface area contributed by atoms with Gasteiger partial charge < -0.3 is 25.3 Å². The summed E-state index contributed by atoms with van der Waals surface area (Å²) in [6, 6.07) is 17.3. The number of esters is 1. The maximum absolute atomic E-state index is 14.1. The monoisotopic (exact) mass is 422 g/mol. The predicted octanol–water partition coefficient (Wildman–Crippen LogP) is 4.28. The number of urea groups is 1. The molecule has 0 aliphatic carbocycles. The summed E-state index contributed by atoms with van der Waals surface area (Å²) in [4.78, 5) is 23.3. The van der Waals surface area contributed by atoms with Gasteiger partial charge in [0.2, 0.25) is 6.29 Å². The molecule has 2 amide bonds. The van der Waals surface area contributed by atoms with Gasteiger partial charge in [0.15, 0.2) is 0 Å². The lowest BCUT2D eigenvalue weighted by Crippen LogP contribution is -2.20. The molecular weight excluding hydrogens is 403 g/mol. The number of hydrogen-bond acceptors (Lipinski definition) is 5. The summed E-state index contributed by atoms with van der Waals surface area (Å²) in [6.45, 7) is -0.0103. The molecule has 0 spiro atoms. The molecular formula is C23H19FN2O5. The minimum Gasteiger partial charge on any atom is -0.460 e. The van der Waals surface area contributed by atoms with E-state index in [-0.39, 0.29) is 18.8 Å². The number of ether oxygens (including phenoxy) is 3. The predicted molar refractivity (Wildman–Crippen MR) is 110 cm³/mol. The highest BCUT2D eigenvalue weighted by Gasteiger charge is 2.25. The van der Waals surface area contributed by atoms with Crippen molar-refractivity contribution in [2.45, 2.75) is 19.5 Å². The number of benzene rings is 3. The van der Waals surface area contributed by atoms with Crippen molar-refractivity contribution in [2.75, 3.05) is 5.32 Å². The van der Waals surface area contributed by atoms with Crippen molar-refractivity contribution in [2.24, 2.45) is 5.73 Å². The molecule has 3 N–H and O–H groups in total. The highest BCUT2D eigenvalue weighted by atomic mass is 19.1. The van der Waals surface area contributed by atoms with Crippen molar-refractivity contribution >= 4 is 17.7 Å². The SMILES string of the molecule is NC(=O)Nc1ccc(C(=O)OCc2cc(F)cc3c2O[C@H](c2ccccc2)OC3)cc1. The van der Waals surface area contributed by atoms with Crippen LogP contribution < -0.4 is 15.8 Å². The van der Waals surface area contributed by atoms with Crippen LogP contribution in [0.15, 0.2) is 66.7 Å². The Bertz CT molecular complexity index is 1100. The third-order valence-electron chi connectivity index (χ3n) is 4.64. The van der Waals surface area contributed by atoms with Crippen LogP contribution in [0.2, 0.25) is 0 Å². The molecule has 0 unspecified atom stereocenters. The molecule has 0 saturated heterocycles. The fourth-order valence-corrected chi connectivity index (χ4v) is 3.22. The van der Waals surface area contributed by atoms with Crippen LogP contribution in [-0.2, 0) is 22.7 Å². The Morgan fingerprint density at radius 3 is 2.55 bits per heavy atom. The largest absolute Gasteiger partial charge is 0.460 e. The second-order valence-corrected chi connectivity index (χ2v) is 6.87. The van der Waals surface area contributed by atoms with Crippen LogP contribution in [0.25, 0.3) is 0 Å². The molecule has 4 rings (SSSR count). The highest BCUT2D eigenvalue weighted by molar-refractivity contribution is 5.91. The third kappa shape index (κ3) is 4.81. The quantitative estimate of drug-likeness (QED) is 0.598. The average molecular weight is 422 g/mol. The van der Waals surface area contributed by atoms with Gasteiger partial charge in [-0.25, -0.2) is 14.0 Å². The first-order chi connectivity index (χ1) is 15.0. The molecule has 0 aromatic heterocycles. The lowest BCUT2D eigenvalue weighted by molar-refractivity contribution is -0.112. The van der Waals surface area contributed by atoms with Gasteiger partial charge in [-0.15, -0.1) is 0 Å². The summed E-state index contributed by atoms with van der Waals surface area (Å²) < 4.78 is 31.1. The first kappa shape index (κ1) is 20.4. The van der Waals surface area contributed by atoms with Crippen molar-refractivity contribution in [1.82, 2.24) is 0 Å². The van der Waals surface area contributed by atoms with E-state index < -0.39 is 24.1 Å². The second-order valence-electron chi connectivity index (χ2n) is 6.87. The number of amides is 2. The van der Waals surface area contributed by atoms with E-state index in [1.165, 1.54) is 36.4 Å². The average Bonchev–Trinajstić information content (AvgIpc) is 2.77. The Hall–Kier alpha value is -3.91. The Morgan fingerprint density at radius 1 is 1.10 bits per heavy atom. The molecule has 0 fully saturated rings. The Kier molecular flexibility index (Phi) is 5.81. The van der Waals surface area contributed by atoms with Gasteiger partial charge in [0.1, 0.15) is 18.2 Å². The normalized spacial score (nSPS) is 14.8. The summed E-state index contributed by atoms with van der Waals surface area (Å²) in [5.41, 5.74) is 7.54. The summed E-state index contributed by atoms with van der Waals surface area (Å²) >= 11 is 0. The first-order valence-corrected chi connectivity index (χ1v) is 9.48. The minimum atomic E-state index is -0.705. The summed E-state index contributed by atoms with van der Waals surface area (Å²) in [5, 5.41) is 2.40. The second kappa shape index (κ2) is 8.85. The van der Waals surface area contributed by atoms with E-state index in [2.05, 4.69) is 5.32 Å². The van der Waals surface area contributed by atoms with Gasteiger partial charge >= 0.3 is 12.0 Å². The molecule has 31 heavy (non-hydrogen) atoms. The summed E-state index contributed by atoms with van der Waals surface area (Å²) in [5.74, 6) is -0.636. The van der Waals surface area contributed by atoms with Crippen molar-refractivity contribution in [1.29, 1.82) is 0 Å². The van der Waals surface area contributed by atoms with E-state index in [4.69, 9.17) is 19.9 Å². The molecule has 1 aliphatic heterocycles. The zero-order valence-electron chi connectivity index (χ0n) is 16.3. The number of hydrogen-bond donors (Lipinski definition) is 2. The molecule has 8 heteroatoms. The number of carbonyl (C=O) groups is 2. The molecule has 7 nitrogen and oxygen atoms in total. The molecule has 0 saturated carbocycles. The van der Waals surface area contributed by atoms with E-state index in [9.17, 15) is 14.0 Å². The molecule has 0 radical (unpaired) electrons. The maximum atomic E-state index is 14.1. The van der Waals surface area contributed by atoms with Gasteiger partial charge in [0.25, 0.3) is 0 Å². The molecule has 0 bridgehead atoms. The number of carbonyl (C=O) groups excluding carboxylic acids is 2. The topological polar surface area (TPSA) is 99.9 Å². The number of rotatable bonds is 5. The maximum Gasteiger partial charge on any atom is 0.338 e. The van der Waals surface area contributed by atoms with Crippen molar-refractivity contribution < 1.29 is 28.2 Å². The number of nitrogens with one attached hydrogen (secondary N) is 1. The van der Waals surface area contributed by atoms with Crippen LogP contribution in [0, 0.1) is 5.82 Å². The van der Waals surface area contributed by atoms with Crippen LogP contribution in [0.1, 0.15) is 33.3 Å². The van der Waals surface area contributed by atoms with Crippen molar-refractivity contribution in [3.05, 3.63) is 94.8 Å². The first-order valence-electron chi connectivity index (χ1n) is 9.48. The van der Waals surface area contributed by atoms with E-state index in [0.717, 1.165) is 5.56 Å².